The number of quaternary nitrogens is 1. The van der Waals surface area contributed by atoms with E-state index in [4.69, 9.17) is 4.74 Å². The first-order chi connectivity index (χ1) is 14.6. The van der Waals surface area contributed by atoms with Crippen molar-refractivity contribution in [1.29, 1.82) is 0 Å². The Balaban J connectivity index is 3.49. The van der Waals surface area contributed by atoms with Gasteiger partial charge in [0.2, 0.25) is 0 Å². The van der Waals surface area contributed by atoms with Crippen molar-refractivity contribution in [2.75, 3.05) is 51.9 Å². The van der Waals surface area contributed by atoms with Crippen LogP contribution in [0.3, 0.4) is 0 Å². The fraction of sp³-hybridized carbons (Fsp3) is 1.00. The monoisotopic (exact) mass is 445 g/mol. The molecule has 0 amide bonds. The van der Waals surface area contributed by atoms with Gasteiger partial charge in [0, 0.05) is 12.4 Å². The lowest BCUT2D eigenvalue weighted by molar-refractivity contribution is -0.893. The molecule has 0 aromatic rings. The lowest BCUT2D eigenvalue weighted by Gasteiger charge is -2.33. The molecule has 0 aliphatic carbocycles. The van der Waals surface area contributed by atoms with Gasteiger partial charge in [-0.2, -0.15) is 11.8 Å². The maximum atomic E-state index is 10.8. The minimum atomic E-state index is 0.0366. The number of thioether (sulfide) groups is 1. The molecule has 0 fully saturated rings. The van der Waals surface area contributed by atoms with E-state index in [-0.39, 0.29) is 6.61 Å². The molecular formula is C26H55NO2S. The summed E-state index contributed by atoms with van der Waals surface area (Å²) in [5.74, 6) is 2.35. The predicted molar refractivity (Wildman–Crippen MR) is 134 cm³/mol. The number of rotatable bonds is 24. The number of hydrogen-bond acceptors (Lipinski definition) is 3. The van der Waals surface area contributed by atoms with E-state index < -0.39 is 0 Å². The third-order valence-electron chi connectivity index (χ3n) is 5.95. The van der Waals surface area contributed by atoms with Gasteiger partial charge in [0.25, 0.3) is 0 Å². The minimum Gasteiger partial charge on any atom is -0.854 e. The number of hydrogen-bond donors (Lipinski definition) is 0. The van der Waals surface area contributed by atoms with Gasteiger partial charge >= 0.3 is 0 Å². The molecule has 0 heterocycles. The van der Waals surface area contributed by atoms with Crippen molar-refractivity contribution in [3.8, 4) is 0 Å². The largest absolute Gasteiger partial charge is 0.854 e. The number of likely N-dealkylation sites (N-methyl/N-ethyl adjacent to an activating group) is 1. The molecule has 0 saturated carbocycles. The van der Waals surface area contributed by atoms with Crippen LogP contribution in [0.5, 0.6) is 0 Å². The Labute approximate surface area is 194 Å². The van der Waals surface area contributed by atoms with Crippen LogP contribution in [0.1, 0.15) is 110 Å². The number of unbranched alkanes of at least 4 members (excludes halogenated alkanes) is 13. The lowest BCUT2D eigenvalue weighted by Crippen LogP contribution is -2.48. The van der Waals surface area contributed by atoms with E-state index in [9.17, 15) is 5.11 Å². The molecule has 0 bridgehead atoms. The van der Waals surface area contributed by atoms with Gasteiger partial charge in [-0.3, -0.25) is 0 Å². The van der Waals surface area contributed by atoms with Crippen LogP contribution in [-0.4, -0.2) is 62.5 Å². The fourth-order valence-corrected chi connectivity index (χ4v) is 5.18. The SMILES string of the molecule is CCCCCCCCCCCCCCCCSCC(C[N+](C)(C)CCC[O-])OCC. The first-order valence-electron chi connectivity index (χ1n) is 13.1. The zero-order chi connectivity index (χ0) is 22.3. The van der Waals surface area contributed by atoms with E-state index in [0.717, 1.165) is 36.4 Å². The Bertz CT molecular complexity index is 339. The summed E-state index contributed by atoms with van der Waals surface area (Å²) in [5, 5.41) is 10.8. The smallest absolute Gasteiger partial charge is 0.115 e. The van der Waals surface area contributed by atoms with Crippen molar-refractivity contribution in [3.05, 3.63) is 0 Å². The summed E-state index contributed by atoms with van der Waals surface area (Å²) in [6, 6.07) is 0. The summed E-state index contributed by atoms with van der Waals surface area (Å²) >= 11 is 2.05. The molecule has 30 heavy (non-hydrogen) atoms. The molecule has 0 spiro atoms. The number of nitrogens with zero attached hydrogens (tertiary/aromatic N) is 1. The van der Waals surface area contributed by atoms with Crippen LogP contribution in [0, 0.1) is 0 Å². The van der Waals surface area contributed by atoms with Gasteiger partial charge in [0.05, 0.1) is 20.6 Å². The van der Waals surface area contributed by atoms with E-state index in [1.54, 1.807) is 0 Å². The lowest BCUT2D eigenvalue weighted by atomic mass is 10.0. The van der Waals surface area contributed by atoms with Crippen molar-refractivity contribution in [2.24, 2.45) is 0 Å². The van der Waals surface area contributed by atoms with Crippen LogP contribution < -0.4 is 5.11 Å². The standard InChI is InChI=1S/C26H55NO2S/c1-5-7-8-9-10-11-12-13-14-15-16-17-18-19-23-30-25-26(29-6-2)24-27(3,4)21-20-22-28/h26H,5-25H2,1-4H3. The van der Waals surface area contributed by atoms with E-state index in [2.05, 4.69) is 39.7 Å². The van der Waals surface area contributed by atoms with Gasteiger partial charge in [-0.25, -0.2) is 0 Å². The van der Waals surface area contributed by atoms with Crippen LogP contribution in [0.25, 0.3) is 0 Å². The summed E-state index contributed by atoms with van der Waals surface area (Å²) in [6.45, 7) is 7.17. The van der Waals surface area contributed by atoms with Crippen LogP contribution in [0.15, 0.2) is 0 Å². The molecule has 0 rings (SSSR count). The highest BCUT2D eigenvalue weighted by atomic mass is 32.2. The Morgan fingerprint density at radius 3 is 1.70 bits per heavy atom. The van der Waals surface area contributed by atoms with Crippen molar-refractivity contribution in [3.63, 3.8) is 0 Å². The molecule has 182 valence electrons. The topological polar surface area (TPSA) is 32.3 Å². The normalized spacial score (nSPS) is 13.1. The van der Waals surface area contributed by atoms with Crippen molar-refractivity contribution in [2.45, 2.75) is 116 Å². The Morgan fingerprint density at radius 2 is 1.23 bits per heavy atom. The van der Waals surface area contributed by atoms with Gasteiger partial charge in [-0.1, -0.05) is 90.4 Å². The second-order valence-corrected chi connectivity index (χ2v) is 10.8. The Morgan fingerprint density at radius 1 is 0.733 bits per heavy atom. The van der Waals surface area contributed by atoms with Gasteiger partial charge < -0.3 is 14.3 Å². The third kappa shape index (κ3) is 21.5. The molecule has 3 nitrogen and oxygen atoms in total. The summed E-state index contributed by atoms with van der Waals surface area (Å²) in [5.41, 5.74) is 0. The molecule has 0 aromatic heterocycles. The van der Waals surface area contributed by atoms with Crippen LogP contribution in [-0.2, 0) is 4.74 Å². The summed E-state index contributed by atoms with van der Waals surface area (Å²) in [4.78, 5) is 0. The van der Waals surface area contributed by atoms with Crippen LogP contribution >= 0.6 is 11.8 Å². The Hall–Kier alpha value is 0.230. The first-order valence-corrected chi connectivity index (χ1v) is 14.3. The zero-order valence-electron chi connectivity index (χ0n) is 21.1. The van der Waals surface area contributed by atoms with E-state index >= 15 is 0 Å². The van der Waals surface area contributed by atoms with Crippen LogP contribution in [0.4, 0.5) is 0 Å². The number of ether oxygens (including phenoxy) is 1. The summed E-state index contributed by atoms with van der Waals surface area (Å²) in [7, 11) is 4.44. The molecule has 1 atom stereocenters. The summed E-state index contributed by atoms with van der Waals surface area (Å²) < 4.78 is 6.86. The molecule has 4 heteroatoms. The van der Waals surface area contributed by atoms with Crippen molar-refractivity contribution >= 4 is 11.8 Å². The minimum absolute atomic E-state index is 0.0366. The Kier molecular flexibility index (Phi) is 22.6. The van der Waals surface area contributed by atoms with Gasteiger partial charge in [0.15, 0.2) is 0 Å². The highest BCUT2D eigenvalue weighted by Gasteiger charge is 2.21. The van der Waals surface area contributed by atoms with Gasteiger partial charge in [0.1, 0.15) is 12.6 Å². The van der Waals surface area contributed by atoms with E-state index in [1.807, 2.05) is 0 Å². The highest BCUT2D eigenvalue weighted by Crippen LogP contribution is 2.16. The van der Waals surface area contributed by atoms with E-state index in [1.165, 1.54) is 95.6 Å². The van der Waals surface area contributed by atoms with Gasteiger partial charge in [-0.15, -0.1) is 6.61 Å². The first kappa shape index (κ1) is 30.2. The maximum Gasteiger partial charge on any atom is 0.115 e. The molecule has 0 aliphatic rings. The maximum absolute atomic E-state index is 10.8. The molecule has 0 aromatic carbocycles. The van der Waals surface area contributed by atoms with Crippen molar-refractivity contribution < 1.29 is 14.3 Å². The highest BCUT2D eigenvalue weighted by molar-refractivity contribution is 7.99. The third-order valence-corrected chi connectivity index (χ3v) is 7.14. The average Bonchev–Trinajstić information content (AvgIpc) is 2.72. The molecule has 0 saturated heterocycles. The van der Waals surface area contributed by atoms with Crippen molar-refractivity contribution in [1.82, 2.24) is 0 Å². The van der Waals surface area contributed by atoms with Crippen LogP contribution in [0.2, 0.25) is 0 Å². The molecule has 1 unspecified atom stereocenters. The second kappa shape index (κ2) is 22.4. The van der Waals surface area contributed by atoms with E-state index in [0.29, 0.717) is 6.10 Å². The molecule has 0 aliphatic heterocycles. The summed E-state index contributed by atoms with van der Waals surface area (Å²) in [6.07, 6.45) is 21.0. The van der Waals surface area contributed by atoms with Gasteiger partial charge in [-0.05, 0) is 25.5 Å². The zero-order valence-corrected chi connectivity index (χ0v) is 21.9. The predicted octanol–water partition coefficient (Wildman–Crippen LogP) is 6.43. The second-order valence-electron chi connectivity index (χ2n) is 9.65. The molecule has 0 N–H and O–H groups in total. The average molecular weight is 446 g/mol. The fourth-order valence-electron chi connectivity index (χ4n) is 4.14. The quantitative estimate of drug-likeness (QED) is 0.127. The molecule has 0 radical (unpaired) electrons. The molecular weight excluding hydrogens is 390 g/mol.